The summed E-state index contributed by atoms with van der Waals surface area (Å²) in [4.78, 5) is 12.3. The minimum absolute atomic E-state index is 0.101. The minimum Gasteiger partial charge on any atom is -0.496 e. The fraction of sp³-hybridized carbons (Fsp3) is 0.188. The number of benzene rings is 1. The summed E-state index contributed by atoms with van der Waals surface area (Å²) in [5, 5.41) is 13.3. The fourth-order valence-electron chi connectivity index (χ4n) is 2.09. The lowest BCUT2D eigenvalue weighted by Crippen LogP contribution is -2.22. The molecule has 1 aromatic heterocycles. The normalized spacial score (nSPS) is 10.7. The first kappa shape index (κ1) is 16.0. The number of rotatable bonds is 3. The Hall–Kier alpha value is -2.39. The number of hydrogen-bond acceptors (Lipinski definition) is 4. The molecular formula is C16H14BrN3O2. The molecule has 22 heavy (non-hydrogen) atoms. The molecule has 0 aliphatic heterocycles. The Morgan fingerprint density at radius 3 is 2.73 bits per heavy atom. The number of nitrogens with zero attached hydrogens (tertiary/aromatic N) is 3. The average molecular weight is 360 g/mol. The zero-order valence-electron chi connectivity index (χ0n) is 12.4. The van der Waals surface area contributed by atoms with Crippen LogP contribution in [0.25, 0.3) is 0 Å². The Balaban J connectivity index is 2.55. The standard InChI is InChI=1S/C16H14BrN3O2/c1-10-6-11(2)20(16(21)14(10)8-18)19-9-12-7-13(17)4-5-15(12)22-3/h4-7,9H,1-3H3/b19-9-. The lowest BCUT2D eigenvalue weighted by atomic mass is 10.1. The van der Waals surface area contributed by atoms with Crippen LogP contribution >= 0.6 is 15.9 Å². The molecule has 2 rings (SSSR count). The van der Waals surface area contributed by atoms with Crippen molar-refractivity contribution in [3.63, 3.8) is 0 Å². The summed E-state index contributed by atoms with van der Waals surface area (Å²) in [7, 11) is 1.57. The predicted molar refractivity (Wildman–Crippen MR) is 88.6 cm³/mol. The highest BCUT2D eigenvalue weighted by molar-refractivity contribution is 9.10. The van der Waals surface area contributed by atoms with E-state index in [0.717, 1.165) is 10.0 Å². The van der Waals surface area contributed by atoms with E-state index < -0.39 is 5.56 Å². The van der Waals surface area contributed by atoms with Gasteiger partial charge in [0, 0.05) is 15.7 Å². The molecular weight excluding hydrogens is 346 g/mol. The van der Waals surface area contributed by atoms with Gasteiger partial charge in [0.2, 0.25) is 0 Å². The van der Waals surface area contributed by atoms with Gasteiger partial charge in [-0.3, -0.25) is 4.79 Å². The quantitative estimate of drug-likeness (QED) is 0.791. The van der Waals surface area contributed by atoms with Crippen LogP contribution in [0.15, 0.2) is 38.6 Å². The number of halogens is 1. The van der Waals surface area contributed by atoms with Gasteiger partial charge in [-0.1, -0.05) is 15.9 Å². The number of hydrogen-bond donors (Lipinski definition) is 0. The van der Waals surface area contributed by atoms with E-state index in [1.54, 1.807) is 33.1 Å². The summed E-state index contributed by atoms with van der Waals surface area (Å²) < 4.78 is 7.35. The summed E-state index contributed by atoms with van der Waals surface area (Å²) in [6.45, 7) is 3.50. The molecule has 0 spiro atoms. The van der Waals surface area contributed by atoms with Crippen molar-refractivity contribution in [2.24, 2.45) is 5.10 Å². The van der Waals surface area contributed by atoms with Gasteiger partial charge >= 0.3 is 0 Å². The summed E-state index contributed by atoms with van der Waals surface area (Å²) in [5.74, 6) is 0.644. The van der Waals surface area contributed by atoms with Crippen LogP contribution in [-0.4, -0.2) is 18.0 Å². The highest BCUT2D eigenvalue weighted by atomic mass is 79.9. The monoisotopic (exact) mass is 359 g/mol. The molecule has 2 aromatic rings. The van der Waals surface area contributed by atoms with Crippen molar-refractivity contribution in [2.45, 2.75) is 13.8 Å². The molecule has 5 nitrogen and oxygen atoms in total. The maximum Gasteiger partial charge on any atom is 0.289 e. The molecule has 112 valence electrons. The van der Waals surface area contributed by atoms with E-state index in [1.807, 2.05) is 18.2 Å². The summed E-state index contributed by atoms with van der Waals surface area (Å²) >= 11 is 3.38. The van der Waals surface area contributed by atoms with Crippen molar-refractivity contribution in [3.8, 4) is 11.8 Å². The van der Waals surface area contributed by atoms with Crippen LogP contribution in [0.1, 0.15) is 22.4 Å². The molecule has 0 saturated carbocycles. The van der Waals surface area contributed by atoms with Gasteiger partial charge in [0.1, 0.15) is 17.4 Å². The van der Waals surface area contributed by atoms with Crippen LogP contribution in [-0.2, 0) is 0 Å². The molecule has 1 aromatic carbocycles. The minimum atomic E-state index is -0.426. The summed E-state index contributed by atoms with van der Waals surface area (Å²) in [5.41, 5.74) is 1.71. The van der Waals surface area contributed by atoms with Gasteiger partial charge in [0.05, 0.1) is 13.3 Å². The van der Waals surface area contributed by atoms with E-state index in [0.29, 0.717) is 17.0 Å². The molecule has 0 N–H and O–H groups in total. The first-order valence-corrected chi connectivity index (χ1v) is 7.28. The van der Waals surface area contributed by atoms with Gasteiger partial charge in [0.25, 0.3) is 5.56 Å². The molecule has 1 heterocycles. The van der Waals surface area contributed by atoms with E-state index in [-0.39, 0.29) is 5.56 Å². The van der Waals surface area contributed by atoms with Gasteiger partial charge in [-0.25, -0.2) is 4.68 Å². The first-order valence-electron chi connectivity index (χ1n) is 6.49. The number of ether oxygens (including phenoxy) is 1. The second-order valence-electron chi connectivity index (χ2n) is 4.70. The molecule has 0 bridgehead atoms. The predicted octanol–water partition coefficient (Wildman–Crippen LogP) is 2.99. The number of methoxy groups -OCH3 is 1. The van der Waals surface area contributed by atoms with E-state index >= 15 is 0 Å². The van der Waals surface area contributed by atoms with E-state index in [2.05, 4.69) is 21.0 Å². The van der Waals surface area contributed by atoms with Gasteiger partial charge in [-0.15, -0.1) is 0 Å². The third kappa shape index (κ3) is 3.10. The van der Waals surface area contributed by atoms with Crippen molar-refractivity contribution < 1.29 is 4.74 Å². The van der Waals surface area contributed by atoms with Crippen LogP contribution in [0.3, 0.4) is 0 Å². The van der Waals surface area contributed by atoms with E-state index in [9.17, 15) is 4.79 Å². The average Bonchev–Trinajstić information content (AvgIpc) is 2.47. The largest absolute Gasteiger partial charge is 0.496 e. The van der Waals surface area contributed by atoms with Crippen molar-refractivity contribution in [1.29, 1.82) is 5.26 Å². The Bertz CT molecular complexity index is 848. The van der Waals surface area contributed by atoms with Gasteiger partial charge in [0.15, 0.2) is 0 Å². The first-order chi connectivity index (χ1) is 10.5. The second kappa shape index (κ2) is 6.58. The van der Waals surface area contributed by atoms with Crippen LogP contribution in [0.2, 0.25) is 0 Å². The Morgan fingerprint density at radius 1 is 1.36 bits per heavy atom. The van der Waals surface area contributed by atoms with Crippen LogP contribution in [0.4, 0.5) is 0 Å². The molecule has 0 saturated heterocycles. The molecule has 0 amide bonds. The van der Waals surface area contributed by atoms with Crippen LogP contribution in [0, 0.1) is 25.2 Å². The van der Waals surface area contributed by atoms with Crippen LogP contribution < -0.4 is 10.3 Å². The van der Waals surface area contributed by atoms with Crippen molar-refractivity contribution in [3.05, 3.63) is 61.5 Å². The fourth-order valence-corrected chi connectivity index (χ4v) is 2.47. The summed E-state index contributed by atoms with van der Waals surface area (Å²) in [6.07, 6.45) is 1.54. The Labute approximate surface area is 136 Å². The smallest absolute Gasteiger partial charge is 0.289 e. The van der Waals surface area contributed by atoms with Gasteiger partial charge in [-0.05, 0) is 43.7 Å². The van der Waals surface area contributed by atoms with E-state index in [1.165, 1.54) is 10.9 Å². The van der Waals surface area contributed by atoms with E-state index in [4.69, 9.17) is 10.00 Å². The maximum atomic E-state index is 12.3. The Kier molecular flexibility index (Phi) is 4.78. The summed E-state index contributed by atoms with van der Waals surface area (Å²) in [6, 6.07) is 9.17. The molecule has 0 radical (unpaired) electrons. The lowest BCUT2D eigenvalue weighted by molar-refractivity contribution is 0.414. The lowest BCUT2D eigenvalue weighted by Gasteiger charge is -2.07. The molecule has 6 heteroatoms. The Morgan fingerprint density at radius 2 is 2.09 bits per heavy atom. The van der Waals surface area contributed by atoms with Gasteiger partial charge < -0.3 is 4.74 Å². The highest BCUT2D eigenvalue weighted by Crippen LogP contribution is 2.21. The molecule has 0 fully saturated rings. The van der Waals surface area contributed by atoms with Crippen molar-refractivity contribution in [1.82, 2.24) is 4.68 Å². The molecule has 0 atom stereocenters. The maximum absolute atomic E-state index is 12.3. The SMILES string of the molecule is COc1ccc(Br)cc1/C=N\n1c(C)cc(C)c(C#N)c1=O. The highest BCUT2D eigenvalue weighted by Gasteiger charge is 2.09. The number of nitriles is 1. The zero-order valence-corrected chi connectivity index (χ0v) is 14.0. The number of aromatic nitrogens is 1. The van der Waals surface area contributed by atoms with Crippen molar-refractivity contribution in [2.75, 3.05) is 7.11 Å². The molecule has 0 unspecified atom stereocenters. The van der Waals surface area contributed by atoms with Crippen molar-refractivity contribution >= 4 is 22.1 Å². The third-order valence-corrected chi connectivity index (χ3v) is 3.67. The molecule has 0 aliphatic carbocycles. The third-order valence-electron chi connectivity index (χ3n) is 3.18. The topological polar surface area (TPSA) is 67.4 Å². The molecule has 0 aliphatic rings. The number of aryl methyl sites for hydroxylation is 2. The van der Waals surface area contributed by atoms with Crippen LogP contribution in [0.5, 0.6) is 5.75 Å². The van der Waals surface area contributed by atoms with Gasteiger partial charge in [-0.2, -0.15) is 10.4 Å². The second-order valence-corrected chi connectivity index (χ2v) is 5.62. The zero-order chi connectivity index (χ0) is 16.3. The number of pyridine rings is 1.